The first-order valence-corrected chi connectivity index (χ1v) is 13.4. The molecule has 0 unspecified atom stereocenters. The number of sulfonamides is 1. The second-order valence-corrected chi connectivity index (χ2v) is 10.9. The summed E-state index contributed by atoms with van der Waals surface area (Å²) in [5, 5.41) is 11.9. The maximum absolute atomic E-state index is 12.9. The molecule has 2 saturated heterocycles. The molecule has 180 valence electrons. The number of hydrogen-bond donors (Lipinski definition) is 1. The molecule has 9 heteroatoms. The third kappa shape index (κ3) is 5.75. The van der Waals surface area contributed by atoms with Gasteiger partial charge in [-0.05, 0) is 61.6 Å². The number of nitrogens with one attached hydrogen (secondary N) is 1. The van der Waals surface area contributed by atoms with Gasteiger partial charge in [-0.15, -0.1) is 0 Å². The van der Waals surface area contributed by atoms with Gasteiger partial charge in [0.15, 0.2) is 0 Å². The molecule has 1 aromatic heterocycles. The van der Waals surface area contributed by atoms with Crippen LogP contribution in [0.5, 0.6) is 0 Å². The summed E-state index contributed by atoms with van der Waals surface area (Å²) < 4.78 is 27.2. The third-order valence-corrected chi connectivity index (χ3v) is 8.56. The van der Waals surface area contributed by atoms with Gasteiger partial charge in [-0.3, -0.25) is 4.79 Å². The normalized spacial score (nSPS) is 18.1. The number of carbonyl (C=O) groups is 1. The Morgan fingerprint density at radius 3 is 2.26 bits per heavy atom. The molecule has 34 heavy (non-hydrogen) atoms. The smallest absolute Gasteiger partial charge is 0.243 e. The Labute approximate surface area is 201 Å². The first-order chi connectivity index (χ1) is 16.5. The number of piperidine rings is 1. The highest BCUT2D eigenvalue weighted by atomic mass is 32.2. The number of pyridine rings is 1. The second-order valence-electron chi connectivity index (χ2n) is 8.96. The van der Waals surface area contributed by atoms with Gasteiger partial charge in [0.2, 0.25) is 15.9 Å². The van der Waals surface area contributed by atoms with E-state index in [1.807, 2.05) is 24.4 Å². The lowest BCUT2D eigenvalue weighted by Gasteiger charge is -2.30. The molecule has 0 aliphatic carbocycles. The van der Waals surface area contributed by atoms with E-state index in [9.17, 15) is 13.2 Å². The first-order valence-electron chi connectivity index (χ1n) is 12.0. The number of anilines is 1. The zero-order chi connectivity index (χ0) is 24.0. The number of amides is 1. The molecule has 2 aliphatic rings. The molecule has 1 N–H and O–H groups in total. The fraction of sp³-hybridized carbons (Fsp3) is 0.480. The van der Waals surface area contributed by atoms with E-state index < -0.39 is 10.0 Å². The SMILES string of the molecule is N#Cc1ccc(S(=O)(=O)N2CCC(C(=O)NCc3ccc(N4CCCCCC4)nc3)CC2)cc1. The maximum atomic E-state index is 12.9. The molecule has 2 aliphatic heterocycles. The van der Waals surface area contributed by atoms with Gasteiger partial charge < -0.3 is 10.2 Å². The summed E-state index contributed by atoms with van der Waals surface area (Å²) in [6, 6.07) is 11.9. The minimum Gasteiger partial charge on any atom is -0.357 e. The summed E-state index contributed by atoms with van der Waals surface area (Å²) in [6.07, 6.45) is 7.75. The number of nitrogens with zero attached hydrogens (tertiary/aromatic N) is 4. The van der Waals surface area contributed by atoms with E-state index in [-0.39, 0.29) is 16.7 Å². The molecule has 1 aromatic carbocycles. The van der Waals surface area contributed by atoms with Crippen LogP contribution in [0.3, 0.4) is 0 Å². The standard InChI is InChI=1S/C25H31N5O3S/c26-17-20-5-8-23(9-6-20)34(32,33)30-15-11-22(12-16-30)25(31)28-19-21-7-10-24(27-18-21)29-13-3-1-2-4-14-29/h5-10,18,22H,1-4,11-16,19H2,(H,28,31). The number of benzene rings is 1. The van der Waals surface area contributed by atoms with E-state index in [0.717, 1.165) is 24.5 Å². The van der Waals surface area contributed by atoms with Crippen LogP contribution in [0.2, 0.25) is 0 Å². The molecular formula is C25H31N5O3S. The average Bonchev–Trinajstić information content (AvgIpc) is 3.17. The lowest BCUT2D eigenvalue weighted by molar-refractivity contribution is -0.126. The molecule has 0 radical (unpaired) electrons. The largest absolute Gasteiger partial charge is 0.357 e. The summed E-state index contributed by atoms with van der Waals surface area (Å²) in [5.74, 6) is 0.733. The Balaban J connectivity index is 1.26. The number of nitriles is 1. The number of rotatable bonds is 6. The molecule has 1 amide bonds. The minimum atomic E-state index is -3.63. The molecule has 4 rings (SSSR count). The predicted octanol–water partition coefficient (Wildman–Crippen LogP) is 3.05. The first kappa shape index (κ1) is 24.2. The van der Waals surface area contributed by atoms with Crippen molar-refractivity contribution >= 4 is 21.7 Å². The Morgan fingerprint density at radius 2 is 1.68 bits per heavy atom. The lowest BCUT2D eigenvalue weighted by atomic mass is 9.97. The van der Waals surface area contributed by atoms with E-state index in [2.05, 4.69) is 15.2 Å². The summed E-state index contributed by atoms with van der Waals surface area (Å²) in [6.45, 7) is 3.10. The van der Waals surface area contributed by atoms with Crippen molar-refractivity contribution in [2.75, 3.05) is 31.1 Å². The van der Waals surface area contributed by atoms with Crippen LogP contribution in [-0.2, 0) is 21.4 Å². The van der Waals surface area contributed by atoms with Crippen molar-refractivity contribution in [2.24, 2.45) is 5.92 Å². The predicted molar refractivity (Wildman–Crippen MR) is 129 cm³/mol. The van der Waals surface area contributed by atoms with E-state index >= 15 is 0 Å². The highest BCUT2D eigenvalue weighted by Gasteiger charge is 2.32. The molecule has 8 nitrogen and oxygen atoms in total. The zero-order valence-electron chi connectivity index (χ0n) is 19.3. The number of aromatic nitrogens is 1. The van der Waals surface area contributed by atoms with Crippen LogP contribution in [0.1, 0.15) is 49.7 Å². The fourth-order valence-electron chi connectivity index (χ4n) is 4.55. The van der Waals surface area contributed by atoms with Crippen molar-refractivity contribution in [3.05, 3.63) is 53.7 Å². The summed E-state index contributed by atoms with van der Waals surface area (Å²) in [4.78, 5) is 19.8. The molecule has 3 heterocycles. The van der Waals surface area contributed by atoms with Crippen molar-refractivity contribution in [3.63, 3.8) is 0 Å². The lowest BCUT2D eigenvalue weighted by Crippen LogP contribution is -2.42. The van der Waals surface area contributed by atoms with Crippen LogP contribution in [0, 0.1) is 17.2 Å². The quantitative estimate of drug-likeness (QED) is 0.680. The van der Waals surface area contributed by atoms with Crippen LogP contribution in [0.4, 0.5) is 5.82 Å². The van der Waals surface area contributed by atoms with Gasteiger partial charge in [0.05, 0.1) is 16.5 Å². The van der Waals surface area contributed by atoms with Gasteiger partial charge in [0, 0.05) is 44.8 Å². The van der Waals surface area contributed by atoms with Crippen molar-refractivity contribution < 1.29 is 13.2 Å². The summed E-state index contributed by atoms with van der Waals surface area (Å²) in [5.41, 5.74) is 1.37. The van der Waals surface area contributed by atoms with E-state index in [0.29, 0.717) is 38.0 Å². The highest BCUT2D eigenvalue weighted by molar-refractivity contribution is 7.89. The highest BCUT2D eigenvalue weighted by Crippen LogP contribution is 2.24. The third-order valence-electron chi connectivity index (χ3n) is 6.65. The van der Waals surface area contributed by atoms with Gasteiger partial charge >= 0.3 is 0 Å². The molecule has 0 saturated carbocycles. The van der Waals surface area contributed by atoms with Gasteiger partial charge in [0.25, 0.3) is 0 Å². The Kier molecular flexibility index (Phi) is 7.80. The van der Waals surface area contributed by atoms with Crippen LogP contribution in [-0.4, -0.2) is 49.8 Å². The molecule has 2 fully saturated rings. The molecular weight excluding hydrogens is 450 g/mol. The summed E-state index contributed by atoms with van der Waals surface area (Å²) in [7, 11) is -3.63. The van der Waals surface area contributed by atoms with E-state index in [4.69, 9.17) is 5.26 Å². The van der Waals surface area contributed by atoms with Crippen LogP contribution < -0.4 is 10.2 Å². The second kappa shape index (κ2) is 11.0. The van der Waals surface area contributed by atoms with Crippen LogP contribution >= 0.6 is 0 Å². The molecule has 0 spiro atoms. The van der Waals surface area contributed by atoms with Gasteiger partial charge in [0.1, 0.15) is 5.82 Å². The van der Waals surface area contributed by atoms with E-state index in [1.54, 1.807) is 0 Å². The topological polar surface area (TPSA) is 106 Å². The van der Waals surface area contributed by atoms with E-state index in [1.165, 1.54) is 54.3 Å². The van der Waals surface area contributed by atoms with Gasteiger partial charge in [-0.1, -0.05) is 18.9 Å². The summed E-state index contributed by atoms with van der Waals surface area (Å²) >= 11 is 0. The molecule has 0 bridgehead atoms. The molecule has 0 atom stereocenters. The number of hydrogen-bond acceptors (Lipinski definition) is 6. The maximum Gasteiger partial charge on any atom is 0.243 e. The number of carbonyl (C=O) groups excluding carboxylic acids is 1. The average molecular weight is 482 g/mol. The fourth-order valence-corrected chi connectivity index (χ4v) is 6.02. The van der Waals surface area contributed by atoms with Gasteiger partial charge in [-0.2, -0.15) is 9.57 Å². The molecule has 2 aromatic rings. The minimum absolute atomic E-state index is 0.0491. The monoisotopic (exact) mass is 481 g/mol. The Bertz CT molecular complexity index is 1110. The Morgan fingerprint density at radius 1 is 1.00 bits per heavy atom. The van der Waals surface area contributed by atoms with Gasteiger partial charge in [-0.25, -0.2) is 13.4 Å². The van der Waals surface area contributed by atoms with Crippen molar-refractivity contribution in [3.8, 4) is 6.07 Å². The van der Waals surface area contributed by atoms with Crippen molar-refractivity contribution in [2.45, 2.75) is 50.0 Å². The van der Waals surface area contributed by atoms with Crippen molar-refractivity contribution in [1.82, 2.24) is 14.6 Å². The van der Waals surface area contributed by atoms with Crippen LogP contribution in [0.15, 0.2) is 47.5 Å². The zero-order valence-corrected chi connectivity index (χ0v) is 20.1. The van der Waals surface area contributed by atoms with Crippen LogP contribution in [0.25, 0.3) is 0 Å². The van der Waals surface area contributed by atoms with Crippen molar-refractivity contribution in [1.29, 1.82) is 5.26 Å². The Hall–Kier alpha value is -2.96.